The molecule has 2 amide bonds. The highest BCUT2D eigenvalue weighted by atomic mass is 35.5. The minimum atomic E-state index is -0.0850. The highest BCUT2D eigenvalue weighted by Gasteiger charge is 2.18. The number of ether oxygens (including phenoxy) is 1. The van der Waals surface area contributed by atoms with Gasteiger partial charge in [-0.25, -0.2) is 0 Å². The number of unbranched alkanes of at least 4 members (excludes halogenated alkanes) is 1. The first-order valence-corrected chi connectivity index (χ1v) is 7.52. The predicted molar refractivity (Wildman–Crippen MR) is 84.4 cm³/mol. The maximum atomic E-state index is 11.9. The lowest BCUT2D eigenvalue weighted by atomic mass is 10.1. The van der Waals surface area contributed by atoms with Crippen molar-refractivity contribution in [3.05, 3.63) is 0 Å². The number of nitrogens with one attached hydrogen (secondary N) is 1. The number of carbonyl (C=O) groups is 2. The van der Waals surface area contributed by atoms with Crippen LogP contribution in [0.2, 0.25) is 0 Å². The molecule has 1 aliphatic rings. The summed E-state index contributed by atoms with van der Waals surface area (Å²) in [6.45, 7) is 4.98. The maximum absolute atomic E-state index is 11.9. The minimum Gasteiger partial charge on any atom is -0.378 e. The zero-order valence-corrected chi connectivity index (χ0v) is 13.6. The molecule has 124 valence electrons. The summed E-state index contributed by atoms with van der Waals surface area (Å²) in [4.78, 5) is 25.5. The number of nitrogens with zero attached hydrogens (tertiary/aromatic N) is 1. The number of carbonyl (C=O) groups excluding carboxylic acids is 2. The second-order valence-electron chi connectivity index (χ2n) is 5.14. The second kappa shape index (κ2) is 11.8. The first-order valence-electron chi connectivity index (χ1n) is 7.52. The quantitative estimate of drug-likeness (QED) is 0.688. The van der Waals surface area contributed by atoms with Gasteiger partial charge in [0.2, 0.25) is 11.8 Å². The van der Waals surface area contributed by atoms with Gasteiger partial charge in [-0.05, 0) is 6.42 Å². The fourth-order valence-electron chi connectivity index (χ4n) is 2.19. The zero-order chi connectivity index (χ0) is 14.8. The highest BCUT2D eigenvalue weighted by molar-refractivity contribution is 5.85. The molecule has 0 aromatic rings. The summed E-state index contributed by atoms with van der Waals surface area (Å²) in [5.41, 5.74) is 5.63. The van der Waals surface area contributed by atoms with Crippen LogP contribution in [-0.4, -0.2) is 55.6 Å². The van der Waals surface area contributed by atoms with E-state index in [1.807, 2.05) is 0 Å². The first-order chi connectivity index (χ1) is 9.67. The van der Waals surface area contributed by atoms with E-state index in [0.29, 0.717) is 32.8 Å². The molecule has 21 heavy (non-hydrogen) atoms. The fraction of sp³-hybridized carbons (Fsp3) is 0.857. The average Bonchev–Trinajstić information content (AvgIpc) is 2.49. The third-order valence-corrected chi connectivity index (χ3v) is 3.49. The summed E-state index contributed by atoms with van der Waals surface area (Å²) in [5.74, 6) is -0.0560. The zero-order valence-electron chi connectivity index (χ0n) is 12.8. The molecule has 0 bridgehead atoms. The van der Waals surface area contributed by atoms with Gasteiger partial charge in [0.1, 0.15) is 0 Å². The maximum Gasteiger partial charge on any atom is 0.223 e. The van der Waals surface area contributed by atoms with Gasteiger partial charge in [0.05, 0.1) is 13.2 Å². The normalized spacial score (nSPS) is 16.0. The van der Waals surface area contributed by atoms with E-state index in [9.17, 15) is 9.59 Å². The Morgan fingerprint density at radius 3 is 2.52 bits per heavy atom. The van der Waals surface area contributed by atoms with Gasteiger partial charge in [-0.1, -0.05) is 19.8 Å². The number of hydrogen-bond acceptors (Lipinski definition) is 4. The molecule has 1 saturated heterocycles. The van der Waals surface area contributed by atoms with Crippen molar-refractivity contribution in [3.63, 3.8) is 0 Å². The van der Waals surface area contributed by atoms with Crippen LogP contribution in [-0.2, 0) is 14.3 Å². The Balaban J connectivity index is 0.00000400. The second-order valence-corrected chi connectivity index (χ2v) is 5.14. The number of amides is 2. The van der Waals surface area contributed by atoms with Crippen LogP contribution in [0.1, 0.15) is 39.0 Å². The SMILES string of the molecule is CCCCC(CN)NC(=O)CCC(=O)N1CCOCC1.Cl. The lowest BCUT2D eigenvalue weighted by Crippen LogP contribution is -2.42. The van der Waals surface area contributed by atoms with Crippen LogP contribution < -0.4 is 11.1 Å². The highest BCUT2D eigenvalue weighted by Crippen LogP contribution is 2.04. The van der Waals surface area contributed by atoms with Gasteiger partial charge in [-0.3, -0.25) is 9.59 Å². The Morgan fingerprint density at radius 2 is 1.95 bits per heavy atom. The molecule has 0 spiro atoms. The Labute approximate surface area is 133 Å². The lowest BCUT2D eigenvalue weighted by molar-refractivity contribution is -0.137. The summed E-state index contributed by atoms with van der Waals surface area (Å²) in [5, 5.41) is 2.90. The van der Waals surface area contributed by atoms with Gasteiger partial charge in [-0.15, -0.1) is 12.4 Å². The molecule has 0 radical (unpaired) electrons. The standard InChI is InChI=1S/C14H27N3O3.ClH/c1-2-3-4-12(11-15)16-13(18)5-6-14(19)17-7-9-20-10-8-17;/h12H,2-11,15H2,1H3,(H,16,18);1H. The van der Waals surface area contributed by atoms with E-state index in [2.05, 4.69) is 12.2 Å². The van der Waals surface area contributed by atoms with E-state index in [1.54, 1.807) is 4.90 Å². The van der Waals surface area contributed by atoms with Gasteiger partial charge in [0.15, 0.2) is 0 Å². The molecular weight excluding hydrogens is 294 g/mol. The van der Waals surface area contributed by atoms with Crippen molar-refractivity contribution in [2.24, 2.45) is 5.73 Å². The Morgan fingerprint density at radius 1 is 1.29 bits per heavy atom. The van der Waals surface area contributed by atoms with Crippen molar-refractivity contribution in [2.45, 2.75) is 45.1 Å². The summed E-state index contributed by atoms with van der Waals surface area (Å²) in [7, 11) is 0. The predicted octanol–water partition coefficient (Wildman–Crippen LogP) is 0.681. The Kier molecular flexibility index (Phi) is 11.3. The smallest absolute Gasteiger partial charge is 0.223 e. The van der Waals surface area contributed by atoms with E-state index in [4.69, 9.17) is 10.5 Å². The van der Waals surface area contributed by atoms with Crippen LogP contribution in [0.4, 0.5) is 0 Å². The Hall–Kier alpha value is -0.850. The van der Waals surface area contributed by atoms with Crippen LogP contribution in [0, 0.1) is 0 Å². The van der Waals surface area contributed by atoms with Crippen molar-refractivity contribution >= 4 is 24.2 Å². The third-order valence-electron chi connectivity index (χ3n) is 3.49. The first kappa shape index (κ1) is 20.1. The molecule has 0 saturated carbocycles. The molecule has 1 atom stereocenters. The van der Waals surface area contributed by atoms with Gasteiger partial charge in [0, 0.05) is 38.5 Å². The largest absolute Gasteiger partial charge is 0.378 e. The van der Waals surface area contributed by atoms with E-state index in [0.717, 1.165) is 19.3 Å². The summed E-state index contributed by atoms with van der Waals surface area (Å²) in [6, 6.07) is 0.0286. The molecule has 1 fully saturated rings. The molecule has 0 aromatic carbocycles. The molecule has 0 aliphatic carbocycles. The van der Waals surface area contributed by atoms with E-state index < -0.39 is 0 Å². The molecule has 3 N–H and O–H groups in total. The lowest BCUT2D eigenvalue weighted by Gasteiger charge is -2.26. The average molecular weight is 322 g/mol. The van der Waals surface area contributed by atoms with Crippen LogP contribution in [0.15, 0.2) is 0 Å². The summed E-state index contributed by atoms with van der Waals surface area (Å²) >= 11 is 0. The summed E-state index contributed by atoms with van der Waals surface area (Å²) in [6.07, 6.45) is 3.53. The van der Waals surface area contributed by atoms with Gasteiger partial charge in [0.25, 0.3) is 0 Å². The van der Waals surface area contributed by atoms with Crippen molar-refractivity contribution < 1.29 is 14.3 Å². The Bertz CT molecular complexity index is 310. The molecule has 1 heterocycles. The summed E-state index contributed by atoms with van der Waals surface area (Å²) < 4.78 is 5.19. The third kappa shape index (κ3) is 8.24. The van der Waals surface area contributed by atoms with E-state index in [1.165, 1.54) is 0 Å². The molecule has 0 aromatic heterocycles. The van der Waals surface area contributed by atoms with Crippen LogP contribution in [0.25, 0.3) is 0 Å². The van der Waals surface area contributed by atoms with Crippen molar-refractivity contribution in [1.82, 2.24) is 10.2 Å². The minimum absolute atomic E-state index is 0. The molecule has 7 heteroatoms. The monoisotopic (exact) mass is 321 g/mol. The number of halogens is 1. The fourth-order valence-corrected chi connectivity index (χ4v) is 2.19. The van der Waals surface area contributed by atoms with E-state index >= 15 is 0 Å². The van der Waals surface area contributed by atoms with Gasteiger partial charge in [-0.2, -0.15) is 0 Å². The molecular formula is C14H28ClN3O3. The van der Waals surface area contributed by atoms with Crippen LogP contribution in [0.3, 0.4) is 0 Å². The molecule has 6 nitrogen and oxygen atoms in total. The molecule has 1 rings (SSSR count). The topological polar surface area (TPSA) is 84.7 Å². The van der Waals surface area contributed by atoms with E-state index in [-0.39, 0.29) is 43.1 Å². The molecule has 1 aliphatic heterocycles. The van der Waals surface area contributed by atoms with Gasteiger partial charge < -0.3 is 20.7 Å². The van der Waals surface area contributed by atoms with Crippen LogP contribution in [0.5, 0.6) is 0 Å². The van der Waals surface area contributed by atoms with Crippen molar-refractivity contribution in [3.8, 4) is 0 Å². The number of morpholine rings is 1. The molecule has 1 unspecified atom stereocenters. The number of hydrogen-bond donors (Lipinski definition) is 2. The van der Waals surface area contributed by atoms with Gasteiger partial charge >= 0.3 is 0 Å². The van der Waals surface area contributed by atoms with Crippen LogP contribution >= 0.6 is 12.4 Å². The number of rotatable bonds is 8. The van der Waals surface area contributed by atoms with Crippen molar-refractivity contribution in [2.75, 3.05) is 32.8 Å². The number of nitrogens with two attached hydrogens (primary N) is 1. The van der Waals surface area contributed by atoms with Crippen molar-refractivity contribution in [1.29, 1.82) is 0 Å².